The second-order valence-corrected chi connectivity index (χ2v) is 10.9. The number of likely N-dealkylation sites (tertiary alicyclic amines) is 1. The van der Waals surface area contributed by atoms with Crippen molar-refractivity contribution < 1.29 is 13.2 Å². The Kier molecular flexibility index (Phi) is 7.80. The molecule has 0 saturated carbocycles. The van der Waals surface area contributed by atoms with Gasteiger partial charge in [0.1, 0.15) is 0 Å². The molecule has 1 aromatic carbocycles. The molecule has 0 atom stereocenters. The minimum absolute atomic E-state index is 0.0179. The zero-order chi connectivity index (χ0) is 20.7. The van der Waals surface area contributed by atoms with Crippen LogP contribution in [0.25, 0.3) is 0 Å². The zero-order valence-corrected chi connectivity index (χ0v) is 18.5. The monoisotopic (exact) mass is 435 g/mol. The quantitative estimate of drug-likeness (QED) is 0.613. The van der Waals surface area contributed by atoms with Crippen molar-refractivity contribution in [2.24, 2.45) is 5.92 Å². The molecule has 3 rings (SSSR count). The summed E-state index contributed by atoms with van der Waals surface area (Å²) in [4.78, 5) is 19.2. The third kappa shape index (κ3) is 7.21. The number of aryl methyl sites for hydroxylation is 1. The molecule has 2 aromatic rings. The summed E-state index contributed by atoms with van der Waals surface area (Å²) in [7, 11) is -3.16. The Hall–Kier alpha value is -1.77. The average Bonchev–Trinajstić information content (AvgIpc) is 3.11. The summed E-state index contributed by atoms with van der Waals surface area (Å²) in [5, 5.41) is 6.10. The Morgan fingerprint density at radius 3 is 2.62 bits per heavy atom. The molecule has 0 radical (unpaired) electrons. The summed E-state index contributed by atoms with van der Waals surface area (Å²) in [6.07, 6.45) is 2.12. The first kappa shape index (κ1) is 21.9. The maximum Gasteiger partial charge on any atom is 0.223 e. The molecule has 2 heterocycles. The van der Waals surface area contributed by atoms with Crippen LogP contribution in [0.2, 0.25) is 0 Å². The predicted molar refractivity (Wildman–Crippen MR) is 116 cm³/mol. The number of aromatic nitrogens is 1. The summed E-state index contributed by atoms with van der Waals surface area (Å²) in [5.41, 5.74) is 1.91. The van der Waals surface area contributed by atoms with Gasteiger partial charge in [0, 0.05) is 24.4 Å². The van der Waals surface area contributed by atoms with Crippen LogP contribution in [0.15, 0.2) is 35.7 Å². The highest BCUT2D eigenvalue weighted by Gasteiger charge is 2.25. The summed E-state index contributed by atoms with van der Waals surface area (Å²) in [5.74, 6) is 0.214. The van der Waals surface area contributed by atoms with Gasteiger partial charge in [-0.1, -0.05) is 30.3 Å². The van der Waals surface area contributed by atoms with Gasteiger partial charge in [0.25, 0.3) is 0 Å². The van der Waals surface area contributed by atoms with Crippen molar-refractivity contribution in [3.8, 4) is 0 Å². The van der Waals surface area contributed by atoms with E-state index in [2.05, 4.69) is 20.6 Å². The van der Waals surface area contributed by atoms with E-state index in [4.69, 9.17) is 0 Å². The largest absolute Gasteiger partial charge is 0.356 e. The van der Waals surface area contributed by atoms with E-state index in [1.165, 1.54) is 0 Å². The Balaban J connectivity index is 1.33. The molecular weight excluding hydrogens is 406 g/mol. The molecule has 1 amide bonds. The van der Waals surface area contributed by atoms with Crippen LogP contribution in [-0.2, 0) is 26.9 Å². The number of carbonyl (C=O) groups excluding carboxylic acids is 1. The fraction of sp³-hybridized carbons (Fsp3) is 0.524. The SMILES string of the molecule is Cc1nc(CN2CCC(C(=O)NCCCS(=O)(=O)Cc3ccccc3)CC2)cs1. The maximum atomic E-state index is 12.4. The number of sulfone groups is 1. The molecule has 0 bridgehead atoms. The van der Waals surface area contributed by atoms with Crippen LogP contribution in [-0.4, -0.2) is 49.6 Å². The van der Waals surface area contributed by atoms with Gasteiger partial charge in [-0.3, -0.25) is 9.69 Å². The van der Waals surface area contributed by atoms with E-state index in [9.17, 15) is 13.2 Å². The normalized spacial score (nSPS) is 16.0. The van der Waals surface area contributed by atoms with Gasteiger partial charge in [-0.25, -0.2) is 13.4 Å². The minimum Gasteiger partial charge on any atom is -0.356 e. The molecule has 6 nitrogen and oxygen atoms in total. The topological polar surface area (TPSA) is 79.4 Å². The molecule has 158 valence electrons. The molecule has 29 heavy (non-hydrogen) atoms. The Morgan fingerprint density at radius 1 is 1.24 bits per heavy atom. The van der Waals surface area contributed by atoms with Gasteiger partial charge in [-0.15, -0.1) is 11.3 Å². The summed E-state index contributed by atoms with van der Waals surface area (Å²) in [6, 6.07) is 9.20. The van der Waals surface area contributed by atoms with E-state index >= 15 is 0 Å². The Morgan fingerprint density at radius 2 is 1.97 bits per heavy atom. The van der Waals surface area contributed by atoms with E-state index in [-0.39, 0.29) is 23.3 Å². The lowest BCUT2D eigenvalue weighted by Gasteiger charge is -2.30. The first-order valence-electron chi connectivity index (χ1n) is 10.1. The van der Waals surface area contributed by atoms with Crippen LogP contribution in [0, 0.1) is 12.8 Å². The van der Waals surface area contributed by atoms with E-state index in [1.54, 1.807) is 11.3 Å². The highest BCUT2D eigenvalue weighted by Crippen LogP contribution is 2.20. The molecule has 0 aliphatic carbocycles. The number of thiazole rings is 1. The number of carbonyl (C=O) groups is 1. The fourth-order valence-corrected chi connectivity index (χ4v) is 5.64. The number of nitrogens with one attached hydrogen (secondary N) is 1. The van der Waals surface area contributed by atoms with Crippen molar-refractivity contribution in [3.63, 3.8) is 0 Å². The van der Waals surface area contributed by atoms with Gasteiger partial charge in [0.05, 0.1) is 22.2 Å². The van der Waals surface area contributed by atoms with Crippen LogP contribution >= 0.6 is 11.3 Å². The molecule has 0 spiro atoms. The standard InChI is InChI=1S/C21H29N3O3S2/c1-17-23-20(15-28-17)14-24-11-8-19(9-12-24)21(25)22-10-5-13-29(26,27)16-18-6-3-2-4-7-18/h2-4,6-7,15,19H,5,8-14,16H2,1H3,(H,22,25). The van der Waals surface area contributed by atoms with Crippen LogP contribution in [0.4, 0.5) is 0 Å². The van der Waals surface area contributed by atoms with Crippen molar-refractivity contribution in [2.75, 3.05) is 25.4 Å². The third-order valence-electron chi connectivity index (χ3n) is 5.17. The van der Waals surface area contributed by atoms with E-state index in [0.717, 1.165) is 48.7 Å². The van der Waals surface area contributed by atoms with Gasteiger partial charge >= 0.3 is 0 Å². The summed E-state index contributed by atoms with van der Waals surface area (Å²) < 4.78 is 24.4. The lowest BCUT2D eigenvalue weighted by atomic mass is 9.96. The van der Waals surface area contributed by atoms with E-state index in [1.807, 2.05) is 37.3 Å². The molecule has 1 aliphatic heterocycles. The number of benzene rings is 1. The van der Waals surface area contributed by atoms with E-state index in [0.29, 0.717) is 13.0 Å². The van der Waals surface area contributed by atoms with Gasteiger partial charge < -0.3 is 5.32 Å². The highest BCUT2D eigenvalue weighted by molar-refractivity contribution is 7.90. The molecule has 1 N–H and O–H groups in total. The molecule has 0 unspecified atom stereocenters. The molecule has 1 saturated heterocycles. The Bertz CT molecular complexity index is 889. The van der Waals surface area contributed by atoms with Crippen molar-refractivity contribution in [1.82, 2.24) is 15.2 Å². The van der Waals surface area contributed by atoms with Gasteiger partial charge in [-0.2, -0.15) is 0 Å². The highest BCUT2D eigenvalue weighted by atomic mass is 32.2. The van der Waals surface area contributed by atoms with Crippen LogP contribution in [0.3, 0.4) is 0 Å². The van der Waals surface area contributed by atoms with Crippen LogP contribution < -0.4 is 5.32 Å². The van der Waals surface area contributed by atoms with E-state index < -0.39 is 9.84 Å². The summed E-state index contributed by atoms with van der Waals surface area (Å²) >= 11 is 1.67. The number of hydrogen-bond donors (Lipinski definition) is 1. The Labute approximate surface area is 177 Å². The molecule has 1 fully saturated rings. The lowest BCUT2D eigenvalue weighted by molar-refractivity contribution is -0.126. The first-order chi connectivity index (χ1) is 13.9. The van der Waals surface area contributed by atoms with Crippen LogP contribution in [0.5, 0.6) is 0 Å². The maximum absolute atomic E-state index is 12.4. The van der Waals surface area contributed by atoms with Crippen molar-refractivity contribution >= 4 is 27.1 Å². The van der Waals surface area contributed by atoms with Gasteiger partial charge in [-0.05, 0) is 44.8 Å². The zero-order valence-electron chi connectivity index (χ0n) is 16.8. The fourth-order valence-electron chi connectivity index (χ4n) is 3.61. The number of nitrogens with zero attached hydrogens (tertiary/aromatic N) is 2. The predicted octanol–water partition coefficient (Wildman–Crippen LogP) is 2.78. The van der Waals surface area contributed by atoms with Gasteiger partial charge in [0.15, 0.2) is 9.84 Å². The second kappa shape index (κ2) is 10.3. The second-order valence-electron chi connectivity index (χ2n) is 7.63. The molecule has 1 aliphatic rings. The van der Waals surface area contributed by atoms with Crippen molar-refractivity contribution in [1.29, 1.82) is 0 Å². The number of piperidine rings is 1. The summed E-state index contributed by atoms with van der Waals surface area (Å²) in [6.45, 7) is 5.04. The molecule has 8 heteroatoms. The average molecular weight is 436 g/mol. The number of hydrogen-bond acceptors (Lipinski definition) is 6. The molecular formula is C21H29N3O3S2. The first-order valence-corrected chi connectivity index (χ1v) is 12.8. The van der Waals surface area contributed by atoms with Crippen molar-refractivity contribution in [2.45, 2.75) is 38.5 Å². The number of amides is 1. The third-order valence-corrected chi connectivity index (χ3v) is 7.68. The number of rotatable bonds is 9. The minimum atomic E-state index is -3.16. The molecule has 1 aromatic heterocycles. The smallest absolute Gasteiger partial charge is 0.223 e. The lowest BCUT2D eigenvalue weighted by Crippen LogP contribution is -2.40. The van der Waals surface area contributed by atoms with Crippen LogP contribution in [0.1, 0.15) is 35.5 Å². The van der Waals surface area contributed by atoms with Gasteiger partial charge in [0.2, 0.25) is 5.91 Å². The van der Waals surface area contributed by atoms with Crippen molar-refractivity contribution in [3.05, 3.63) is 52.0 Å².